The SMILES string of the molecule is CC/C=C\C/C=C\C/C=C\C/C=C\C/C=C\CCCCCCCCCCCCCCCCCC(=O)OCC(COC(=O)CCCCCCC/C=C\CCC)OC(=O)CCC/C=C\C/C=C\C/C=C\C/C=C\C/C=C\CC. The number of hydrogen-bond acceptors (Lipinski definition) is 6. The van der Waals surface area contributed by atoms with Gasteiger partial charge in [0.1, 0.15) is 13.2 Å². The first-order chi connectivity index (χ1) is 37.5. The van der Waals surface area contributed by atoms with Crippen molar-refractivity contribution in [1.82, 2.24) is 0 Å². The maximum Gasteiger partial charge on any atom is 0.306 e. The summed E-state index contributed by atoms with van der Waals surface area (Å²) in [6.07, 6.45) is 89.1. The minimum atomic E-state index is -0.814. The van der Waals surface area contributed by atoms with E-state index in [0.717, 1.165) is 128 Å². The summed E-state index contributed by atoms with van der Waals surface area (Å²) in [6.45, 7) is 6.30. The summed E-state index contributed by atoms with van der Waals surface area (Å²) < 4.78 is 16.8. The average Bonchev–Trinajstić information content (AvgIpc) is 3.42. The molecule has 1 unspecified atom stereocenters. The Labute approximate surface area is 468 Å². The molecule has 0 rings (SSSR count). The number of rotatable bonds is 55. The second kappa shape index (κ2) is 63.1. The normalized spacial score (nSPS) is 13.0. The fraction of sp³-hybridized carbons (Fsp3) is 0.643. The number of unbranched alkanes of at least 4 members (excludes halogenated alkanes) is 22. The van der Waals surface area contributed by atoms with Crippen LogP contribution >= 0.6 is 0 Å². The predicted molar refractivity (Wildman–Crippen MR) is 329 cm³/mol. The van der Waals surface area contributed by atoms with Crippen molar-refractivity contribution in [1.29, 1.82) is 0 Å². The maximum absolute atomic E-state index is 12.8. The lowest BCUT2D eigenvalue weighted by Gasteiger charge is -2.18. The topological polar surface area (TPSA) is 78.9 Å². The van der Waals surface area contributed by atoms with Gasteiger partial charge in [0, 0.05) is 19.3 Å². The zero-order chi connectivity index (χ0) is 55.0. The highest BCUT2D eigenvalue weighted by Crippen LogP contribution is 2.16. The van der Waals surface area contributed by atoms with E-state index in [0.29, 0.717) is 19.3 Å². The van der Waals surface area contributed by atoms with Crippen LogP contribution in [0.3, 0.4) is 0 Å². The molecule has 0 bridgehead atoms. The Morgan fingerprint density at radius 2 is 0.526 bits per heavy atom. The molecule has 0 aliphatic carbocycles. The Balaban J connectivity index is 4.23. The van der Waals surface area contributed by atoms with Gasteiger partial charge < -0.3 is 14.2 Å². The molecule has 0 N–H and O–H groups in total. The Morgan fingerprint density at radius 1 is 0.276 bits per heavy atom. The van der Waals surface area contributed by atoms with Crippen LogP contribution in [0.4, 0.5) is 0 Å². The highest BCUT2D eigenvalue weighted by atomic mass is 16.6. The van der Waals surface area contributed by atoms with E-state index in [1.165, 1.54) is 96.3 Å². The second-order valence-electron chi connectivity index (χ2n) is 20.2. The van der Waals surface area contributed by atoms with Gasteiger partial charge in [0.15, 0.2) is 6.10 Å². The van der Waals surface area contributed by atoms with E-state index < -0.39 is 6.10 Å². The molecule has 0 heterocycles. The third-order valence-electron chi connectivity index (χ3n) is 12.9. The van der Waals surface area contributed by atoms with Gasteiger partial charge in [-0.25, -0.2) is 0 Å². The lowest BCUT2D eigenvalue weighted by molar-refractivity contribution is -0.167. The predicted octanol–water partition coefficient (Wildman–Crippen LogP) is 21.4. The molecule has 0 aliphatic rings. The van der Waals surface area contributed by atoms with Crippen molar-refractivity contribution < 1.29 is 28.6 Å². The van der Waals surface area contributed by atoms with Gasteiger partial charge in [-0.2, -0.15) is 0 Å². The monoisotopic (exact) mass is 1050 g/mol. The fourth-order valence-corrected chi connectivity index (χ4v) is 8.27. The first-order valence-corrected chi connectivity index (χ1v) is 31.2. The largest absolute Gasteiger partial charge is 0.462 e. The van der Waals surface area contributed by atoms with Crippen molar-refractivity contribution >= 4 is 17.9 Å². The molecular formula is C70H114O6. The summed E-state index contributed by atoms with van der Waals surface area (Å²) in [5.74, 6) is -0.976. The van der Waals surface area contributed by atoms with Crippen LogP contribution in [-0.2, 0) is 28.6 Å². The Morgan fingerprint density at radius 3 is 0.855 bits per heavy atom. The van der Waals surface area contributed by atoms with E-state index in [1.807, 2.05) is 0 Å². The smallest absolute Gasteiger partial charge is 0.306 e. The molecule has 0 spiro atoms. The molecule has 0 aliphatic heterocycles. The number of esters is 3. The second-order valence-corrected chi connectivity index (χ2v) is 20.2. The van der Waals surface area contributed by atoms with Crippen LogP contribution < -0.4 is 0 Å². The van der Waals surface area contributed by atoms with Gasteiger partial charge in [-0.1, -0.05) is 264 Å². The summed E-state index contributed by atoms with van der Waals surface area (Å²) in [5, 5.41) is 0. The molecule has 1 atom stereocenters. The molecule has 0 saturated carbocycles. The standard InChI is InChI=1S/C70H114O6/c1-4-7-10-13-16-19-22-24-26-28-29-30-31-32-33-34-35-36-37-38-39-40-41-43-44-46-48-51-54-57-60-63-69(72)75-66-67(65-74-68(71)62-59-56-53-50-21-18-15-12-9-6-3)76-70(73)64-61-58-55-52-49-47-45-42-27-25-23-20-17-14-11-8-5-2/h7-8,10-12,15-17,19-20,24-27,29-30,32-33,45,47,52,55,67H,4-6,9,13-14,18,21-23,28,31,34-44,46,48-51,53-54,56-66H2,1-3H3/b10-7-,11-8-,15-12-,19-16-,20-17-,26-24-,27-25-,30-29-,33-32-,47-45-,55-52-. The van der Waals surface area contributed by atoms with Crippen molar-refractivity contribution in [3.8, 4) is 0 Å². The Hall–Kier alpha value is -4.45. The molecule has 0 saturated heterocycles. The fourth-order valence-electron chi connectivity index (χ4n) is 8.27. The number of ether oxygens (including phenoxy) is 3. The molecule has 430 valence electrons. The summed E-state index contributed by atoms with van der Waals surface area (Å²) in [5.41, 5.74) is 0. The molecule has 0 fully saturated rings. The molecule has 76 heavy (non-hydrogen) atoms. The van der Waals surface area contributed by atoms with Crippen LogP contribution in [-0.4, -0.2) is 37.2 Å². The minimum Gasteiger partial charge on any atom is -0.462 e. The Kier molecular flexibility index (Phi) is 59.4. The number of hydrogen-bond donors (Lipinski definition) is 0. The van der Waals surface area contributed by atoms with Crippen LogP contribution in [0, 0.1) is 0 Å². The number of allylic oxidation sites excluding steroid dienone is 22. The molecule has 0 aromatic carbocycles. The van der Waals surface area contributed by atoms with E-state index in [1.54, 1.807) is 0 Å². The average molecular weight is 1050 g/mol. The van der Waals surface area contributed by atoms with Crippen molar-refractivity contribution in [2.75, 3.05) is 13.2 Å². The van der Waals surface area contributed by atoms with Gasteiger partial charge in [-0.05, 0) is 122 Å². The van der Waals surface area contributed by atoms with Crippen LogP contribution in [0.2, 0.25) is 0 Å². The lowest BCUT2D eigenvalue weighted by atomic mass is 10.0. The number of carbonyl (C=O) groups excluding carboxylic acids is 3. The molecule has 0 aromatic heterocycles. The van der Waals surface area contributed by atoms with Crippen LogP contribution in [0.25, 0.3) is 0 Å². The van der Waals surface area contributed by atoms with E-state index >= 15 is 0 Å². The zero-order valence-electron chi connectivity index (χ0n) is 49.2. The van der Waals surface area contributed by atoms with Gasteiger partial charge in [-0.3, -0.25) is 14.4 Å². The van der Waals surface area contributed by atoms with E-state index in [2.05, 4.69) is 154 Å². The zero-order valence-corrected chi connectivity index (χ0v) is 49.2. The highest BCUT2D eigenvalue weighted by Gasteiger charge is 2.19. The van der Waals surface area contributed by atoms with Crippen LogP contribution in [0.15, 0.2) is 134 Å². The summed E-state index contributed by atoms with van der Waals surface area (Å²) in [7, 11) is 0. The highest BCUT2D eigenvalue weighted by molar-refractivity contribution is 5.71. The van der Waals surface area contributed by atoms with E-state index in [-0.39, 0.29) is 37.5 Å². The molecule has 6 nitrogen and oxygen atoms in total. The third kappa shape index (κ3) is 60.4. The number of carbonyl (C=O) groups is 3. The van der Waals surface area contributed by atoms with Crippen LogP contribution in [0.5, 0.6) is 0 Å². The minimum absolute atomic E-state index is 0.105. The molecule has 0 amide bonds. The van der Waals surface area contributed by atoms with Gasteiger partial charge in [-0.15, -0.1) is 0 Å². The molecule has 6 heteroatoms. The van der Waals surface area contributed by atoms with Crippen LogP contribution in [0.1, 0.15) is 271 Å². The van der Waals surface area contributed by atoms with Crippen molar-refractivity contribution in [2.24, 2.45) is 0 Å². The quantitative estimate of drug-likeness (QED) is 0.0261. The van der Waals surface area contributed by atoms with E-state index in [4.69, 9.17) is 14.2 Å². The summed E-state index contributed by atoms with van der Waals surface area (Å²) >= 11 is 0. The third-order valence-corrected chi connectivity index (χ3v) is 12.9. The summed E-state index contributed by atoms with van der Waals surface area (Å²) in [4.78, 5) is 38.1. The molecule has 0 radical (unpaired) electrons. The van der Waals surface area contributed by atoms with Gasteiger partial charge in [0.05, 0.1) is 0 Å². The first kappa shape index (κ1) is 71.5. The van der Waals surface area contributed by atoms with Crippen molar-refractivity contribution in [2.45, 2.75) is 277 Å². The summed E-state index contributed by atoms with van der Waals surface area (Å²) in [6, 6.07) is 0. The molecular weight excluding hydrogens is 937 g/mol. The van der Waals surface area contributed by atoms with E-state index in [9.17, 15) is 14.4 Å². The maximum atomic E-state index is 12.8. The van der Waals surface area contributed by atoms with Gasteiger partial charge in [0.25, 0.3) is 0 Å². The van der Waals surface area contributed by atoms with Crippen molar-refractivity contribution in [3.05, 3.63) is 134 Å². The lowest BCUT2D eigenvalue weighted by Crippen LogP contribution is -2.30. The molecule has 0 aromatic rings. The van der Waals surface area contributed by atoms with Gasteiger partial charge >= 0.3 is 17.9 Å². The van der Waals surface area contributed by atoms with Gasteiger partial charge in [0.2, 0.25) is 0 Å². The first-order valence-electron chi connectivity index (χ1n) is 31.2. The Bertz CT molecular complexity index is 1630. The van der Waals surface area contributed by atoms with Crippen molar-refractivity contribution in [3.63, 3.8) is 0 Å².